The summed E-state index contributed by atoms with van der Waals surface area (Å²) in [6.07, 6.45) is 5.39. The Bertz CT molecular complexity index is 1450. The first kappa shape index (κ1) is 20.8. The van der Waals surface area contributed by atoms with Crippen LogP contribution in [0.15, 0.2) is 58.3 Å². The number of benzene rings is 2. The molecule has 6 nitrogen and oxygen atoms in total. The molecular formula is C25H24ClN3O3. The van der Waals surface area contributed by atoms with Crippen LogP contribution in [0.5, 0.6) is 5.75 Å². The van der Waals surface area contributed by atoms with Gasteiger partial charge >= 0.3 is 5.69 Å². The summed E-state index contributed by atoms with van der Waals surface area (Å²) in [5, 5.41) is 1.48. The molecule has 2 heterocycles. The Morgan fingerprint density at radius 1 is 1.00 bits per heavy atom. The second-order valence-corrected chi connectivity index (χ2v) is 8.94. The molecule has 1 aliphatic rings. The molecule has 0 saturated heterocycles. The Morgan fingerprint density at radius 2 is 1.75 bits per heavy atom. The Morgan fingerprint density at radius 3 is 2.47 bits per heavy atom. The predicted octanol–water partition coefficient (Wildman–Crippen LogP) is 5.11. The topological polar surface area (TPSA) is 66.1 Å². The van der Waals surface area contributed by atoms with Crippen molar-refractivity contribution in [2.45, 2.75) is 38.6 Å². The minimum atomic E-state index is -0.421. The summed E-state index contributed by atoms with van der Waals surface area (Å²) < 4.78 is 8.49. The number of halogens is 1. The highest BCUT2D eigenvalue weighted by molar-refractivity contribution is 6.32. The van der Waals surface area contributed by atoms with Crippen molar-refractivity contribution < 1.29 is 4.74 Å². The van der Waals surface area contributed by atoms with E-state index < -0.39 is 5.56 Å². The second kappa shape index (κ2) is 8.10. The lowest BCUT2D eigenvalue weighted by molar-refractivity contribution is 0.287. The van der Waals surface area contributed by atoms with E-state index in [-0.39, 0.29) is 11.7 Å². The molecule has 7 heteroatoms. The highest BCUT2D eigenvalue weighted by Crippen LogP contribution is 2.35. The first-order chi connectivity index (χ1) is 15.5. The SMILES string of the molecule is COc1cccc2c1ncc1c(=O)n(-c3ccccc3Cl)c(=O)n(C3CCC(C)CC3)c12. The molecule has 0 atom stereocenters. The average molecular weight is 450 g/mol. The standard InChI is InChI=1S/C25H24ClN3O3/c1-15-10-12-16(13-11-15)28-23-17-6-5-9-21(32-2)22(17)27-14-18(23)24(30)29(25(28)31)20-8-4-3-7-19(20)26/h3-9,14-16H,10-13H2,1-2H3. The Balaban J connectivity index is 1.94. The smallest absolute Gasteiger partial charge is 0.336 e. The van der Waals surface area contributed by atoms with Crippen LogP contribution in [0.25, 0.3) is 27.5 Å². The molecule has 4 aromatic rings. The highest BCUT2D eigenvalue weighted by Gasteiger charge is 2.26. The molecule has 1 saturated carbocycles. The molecule has 0 amide bonds. The maximum atomic E-state index is 14.0. The zero-order valence-corrected chi connectivity index (χ0v) is 18.8. The van der Waals surface area contributed by atoms with Gasteiger partial charge < -0.3 is 4.74 Å². The molecule has 32 heavy (non-hydrogen) atoms. The molecule has 0 N–H and O–H groups in total. The van der Waals surface area contributed by atoms with Crippen molar-refractivity contribution in [2.75, 3.05) is 7.11 Å². The summed E-state index contributed by atoms with van der Waals surface area (Å²) in [6.45, 7) is 2.24. The van der Waals surface area contributed by atoms with Crippen LogP contribution in [0, 0.1) is 5.92 Å². The maximum Gasteiger partial charge on any atom is 0.336 e. The van der Waals surface area contributed by atoms with Gasteiger partial charge in [-0.25, -0.2) is 9.36 Å². The molecule has 5 rings (SSSR count). The van der Waals surface area contributed by atoms with E-state index in [1.165, 1.54) is 4.57 Å². The van der Waals surface area contributed by atoms with E-state index >= 15 is 0 Å². The summed E-state index contributed by atoms with van der Waals surface area (Å²) in [5.74, 6) is 1.23. The Kier molecular flexibility index (Phi) is 5.25. The minimum Gasteiger partial charge on any atom is -0.494 e. The number of pyridine rings is 1. The van der Waals surface area contributed by atoms with Gasteiger partial charge in [0, 0.05) is 17.6 Å². The number of fused-ring (bicyclic) bond motifs is 3. The molecule has 2 aromatic heterocycles. The van der Waals surface area contributed by atoms with E-state index in [1.54, 1.807) is 42.1 Å². The first-order valence-corrected chi connectivity index (χ1v) is 11.3. The number of rotatable bonds is 3. The molecule has 0 unspecified atom stereocenters. The fraction of sp³-hybridized carbons (Fsp3) is 0.320. The fourth-order valence-corrected chi connectivity index (χ4v) is 5.08. The molecule has 0 bridgehead atoms. The van der Waals surface area contributed by atoms with Crippen LogP contribution in [-0.4, -0.2) is 21.2 Å². The van der Waals surface area contributed by atoms with Crippen molar-refractivity contribution >= 4 is 33.4 Å². The van der Waals surface area contributed by atoms with Crippen LogP contribution in [0.3, 0.4) is 0 Å². The van der Waals surface area contributed by atoms with E-state index in [0.717, 1.165) is 31.1 Å². The van der Waals surface area contributed by atoms with Crippen LogP contribution >= 0.6 is 11.6 Å². The van der Waals surface area contributed by atoms with E-state index in [9.17, 15) is 9.59 Å². The van der Waals surface area contributed by atoms with Gasteiger partial charge in [-0.2, -0.15) is 0 Å². The Hall–Kier alpha value is -3.12. The molecule has 0 aliphatic heterocycles. The van der Waals surface area contributed by atoms with Gasteiger partial charge in [-0.1, -0.05) is 42.8 Å². The lowest BCUT2D eigenvalue weighted by Gasteiger charge is -2.29. The number of ether oxygens (including phenoxy) is 1. The van der Waals surface area contributed by atoms with Gasteiger partial charge in [-0.05, 0) is 49.8 Å². The molecule has 164 valence electrons. The monoisotopic (exact) mass is 449 g/mol. The summed E-state index contributed by atoms with van der Waals surface area (Å²) in [7, 11) is 1.59. The third kappa shape index (κ3) is 3.21. The normalized spacial score (nSPS) is 18.8. The predicted molar refractivity (Wildman–Crippen MR) is 127 cm³/mol. The number of hydrogen-bond acceptors (Lipinski definition) is 4. The minimum absolute atomic E-state index is 0.00709. The van der Waals surface area contributed by atoms with Gasteiger partial charge in [-0.3, -0.25) is 14.3 Å². The van der Waals surface area contributed by atoms with E-state index in [0.29, 0.717) is 38.8 Å². The van der Waals surface area contributed by atoms with Crippen molar-refractivity contribution in [3.63, 3.8) is 0 Å². The van der Waals surface area contributed by atoms with E-state index in [2.05, 4.69) is 11.9 Å². The molecule has 2 aromatic carbocycles. The van der Waals surface area contributed by atoms with Crippen molar-refractivity contribution in [1.82, 2.24) is 14.1 Å². The number of hydrogen-bond donors (Lipinski definition) is 0. The second-order valence-electron chi connectivity index (χ2n) is 8.54. The lowest BCUT2D eigenvalue weighted by atomic mass is 9.87. The lowest BCUT2D eigenvalue weighted by Crippen LogP contribution is -2.41. The number of nitrogens with zero attached hydrogens (tertiary/aromatic N) is 3. The maximum absolute atomic E-state index is 14.0. The van der Waals surface area contributed by atoms with Crippen molar-refractivity contribution in [1.29, 1.82) is 0 Å². The molecule has 1 aliphatic carbocycles. The zero-order valence-electron chi connectivity index (χ0n) is 18.0. The average Bonchev–Trinajstić information content (AvgIpc) is 2.81. The fourth-order valence-electron chi connectivity index (χ4n) is 4.86. The highest BCUT2D eigenvalue weighted by atomic mass is 35.5. The van der Waals surface area contributed by atoms with Crippen LogP contribution in [0.1, 0.15) is 38.6 Å². The largest absolute Gasteiger partial charge is 0.494 e. The summed E-state index contributed by atoms with van der Waals surface area (Å²) in [6, 6.07) is 12.5. The Labute approximate surface area is 190 Å². The zero-order chi connectivity index (χ0) is 22.4. The van der Waals surface area contributed by atoms with E-state index in [1.807, 2.05) is 18.2 Å². The summed E-state index contributed by atoms with van der Waals surface area (Å²) >= 11 is 6.41. The van der Waals surface area contributed by atoms with Crippen molar-refractivity contribution in [3.8, 4) is 11.4 Å². The van der Waals surface area contributed by atoms with Gasteiger partial charge in [0.25, 0.3) is 5.56 Å². The molecular weight excluding hydrogens is 426 g/mol. The van der Waals surface area contributed by atoms with Gasteiger partial charge in [0.05, 0.1) is 28.7 Å². The van der Waals surface area contributed by atoms with Crippen LogP contribution < -0.4 is 16.0 Å². The van der Waals surface area contributed by atoms with E-state index in [4.69, 9.17) is 16.3 Å². The third-order valence-electron chi connectivity index (χ3n) is 6.57. The summed E-state index contributed by atoms with van der Waals surface area (Å²) in [4.78, 5) is 32.1. The number of para-hydroxylation sites is 2. The van der Waals surface area contributed by atoms with Crippen LogP contribution in [0.2, 0.25) is 5.02 Å². The van der Waals surface area contributed by atoms with Crippen LogP contribution in [0.4, 0.5) is 0 Å². The number of methoxy groups -OCH3 is 1. The van der Waals surface area contributed by atoms with Gasteiger partial charge in [0.15, 0.2) is 0 Å². The van der Waals surface area contributed by atoms with Crippen molar-refractivity contribution in [3.05, 3.63) is 74.5 Å². The van der Waals surface area contributed by atoms with Crippen LogP contribution in [-0.2, 0) is 0 Å². The quantitative estimate of drug-likeness (QED) is 0.407. The van der Waals surface area contributed by atoms with Crippen molar-refractivity contribution in [2.24, 2.45) is 5.92 Å². The first-order valence-electron chi connectivity index (χ1n) is 10.9. The number of aromatic nitrogens is 3. The van der Waals surface area contributed by atoms with Gasteiger partial charge in [0.2, 0.25) is 0 Å². The molecule has 1 fully saturated rings. The third-order valence-corrected chi connectivity index (χ3v) is 6.89. The molecule has 0 radical (unpaired) electrons. The van der Waals surface area contributed by atoms with Gasteiger partial charge in [-0.15, -0.1) is 0 Å². The molecule has 0 spiro atoms. The summed E-state index contributed by atoms with van der Waals surface area (Å²) in [5.41, 5.74) is 0.845. The van der Waals surface area contributed by atoms with Gasteiger partial charge in [0.1, 0.15) is 11.3 Å².